The molecule has 0 N–H and O–H groups in total. The first-order chi connectivity index (χ1) is 8.81. The number of hydrogen-bond donors (Lipinski definition) is 0. The van der Waals surface area contributed by atoms with Crippen LogP contribution in [-0.4, -0.2) is 18.4 Å². The van der Waals surface area contributed by atoms with Crippen LogP contribution >= 0.6 is 11.8 Å². The van der Waals surface area contributed by atoms with Crippen LogP contribution < -0.4 is 9.47 Å². The second-order valence-electron chi connectivity index (χ2n) is 4.03. The average Bonchev–Trinajstić information content (AvgIpc) is 2.82. The molecule has 0 saturated heterocycles. The Balaban J connectivity index is 1.69. The standard InChI is InChI=1S/C13H13NO3S/c1-9-6-10(17-14-9)8-18-11-2-3-12-13(7-11)16-5-4-15-12/h2-3,6-7H,4-5,8H2,1H3. The second-order valence-corrected chi connectivity index (χ2v) is 5.08. The normalized spacial score (nSPS) is 13.6. The summed E-state index contributed by atoms with van der Waals surface area (Å²) in [6, 6.07) is 7.93. The molecule has 1 aliphatic rings. The van der Waals surface area contributed by atoms with Crippen molar-refractivity contribution in [3.8, 4) is 11.5 Å². The lowest BCUT2D eigenvalue weighted by atomic mass is 10.3. The molecule has 0 bridgehead atoms. The number of aryl methyl sites for hydroxylation is 1. The molecule has 0 atom stereocenters. The number of aromatic nitrogens is 1. The third kappa shape index (κ3) is 2.46. The van der Waals surface area contributed by atoms with Crippen molar-refractivity contribution in [2.24, 2.45) is 0 Å². The minimum Gasteiger partial charge on any atom is -0.486 e. The van der Waals surface area contributed by atoms with Crippen molar-refractivity contribution in [1.29, 1.82) is 0 Å². The largest absolute Gasteiger partial charge is 0.486 e. The zero-order valence-corrected chi connectivity index (χ0v) is 10.8. The van der Waals surface area contributed by atoms with E-state index in [9.17, 15) is 0 Å². The maximum absolute atomic E-state index is 5.55. The lowest BCUT2D eigenvalue weighted by Gasteiger charge is -2.18. The highest BCUT2D eigenvalue weighted by molar-refractivity contribution is 7.98. The molecule has 18 heavy (non-hydrogen) atoms. The van der Waals surface area contributed by atoms with Crippen LogP contribution in [0.25, 0.3) is 0 Å². The summed E-state index contributed by atoms with van der Waals surface area (Å²) in [6.45, 7) is 3.15. The van der Waals surface area contributed by atoms with E-state index >= 15 is 0 Å². The van der Waals surface area contributed by atoms with Crippen molar-refractivity contribution in [1.82, 2.24) is 5.16 Å². The van der Waals surface area contributed by atoms with Gasteiger partial charge in [0, 0.05) is 11.0 Å². The molecule has 1 aliphatic heterocycles. The Bertz CT molecular complexity index is 553. The van der Waals surface area contributed by atoms with Crippen LogP contribution in [0.2, 0.25) is 0 Å². The van der Waals surface area contributed by atoms with Crippen LogP contribution in [0.4, 0.5) is 0 Å². The molecule has 0 unspecified atom stereocenters. The van der Waals surface area contributed by atoms with Crippen LogP contribution in [-0.2, 0) is 5.75 Å². The van der Waals surface area contributed by atoms with Gasteiger partial charge in [-0.1, -0.05) is 5.16 Å². The van der Waals surface area contributed by atoms with E-state index < -0.39 is 0 Å². The van der Waals surface area contributed by atoms with Crippen LogP contribution in [0.1, 0.15) is 11.5 Å². The molecule has 0 radical (unpaired) electrons. The first-order valence-electron chi connectivity index (χ1n) is 5.76. The van der Waals surface area contributed by atoms with Gasteiger partial charge in [-0.2, -0.15) is 0 Å². The molecular formula is C13H13NO3S. The first kappa shape index (κ1) is 11.5. The summed E-state index contributed by atoms with van der Waals surface area (Å²) in [6.07, 6.45) is 0. The molecule has 3 rings (SSSR count). The Labute approximate surface area is 109 Å². The van der Waals surface area contributed by atoms with Gasteiger partial charge in [0.05, 0.1) is 11.4 Å². The summed E-state index contributed by atoms with van der Waals surface area (Å²) in [5.74, 6) is 3.29. The molecule has 0 aliphatic carbocycles. The fraction of sp³-hybridized carbons (Fsp3) is 0.308. The van der Waals surface area contributed by atoms with Gasteiger partial charge in [0.2, 0.25) is 0 Å². The van der Waals surface area contributed by atoms with Crippen LogP contribution in [0.3, 0.4) is 0 Å². The molecule has 0 amide bonds. The Morgan fingerprint density at radius 2 is 2.00 bits per heavy atom. The number of benzene rings is 1. The fourth-order valence-electron chi connectivity index (χ4n) is 1.75. The molecule has 5 heteroatoms. The lowest BCUT2D eigenvalue weighted by molar-refractivity contribution is 0.171. The highest BCUT2D eigenvalue weighted by atomic mass is 32.2. The Morgan fingerprint density at radius 3 is 2.78 bits per heavy atom. The SMILES string of the molecule is Cc1cc(CSc2ccc3c(c2)OCCO3)on1. The van der Waals surface area contributed by atoms with Crippen LogP contribution in [0.5, 0.6) is 11.5 Å². The highest BCUT2D eigenvalue weighted by Crippen LogP contribution is 2.35. The molecule has 1 aromatic heterocycles. The van der Waals surface area contributed by atoms with Gasteiger partial charge in [0.25, 0.3) is 0 Å². The average molecular weight is 263 g/mol. The Hall–Kier alpha value is -1.62. The number of thioether (sulfide) groups is 1. The zero-order chi connectivity index (χ0) is 12.4. The van der Waals surface area contributed by atoms with Crippen LogP contribution in [0, 0.1) is 6.92 Å². The van der Waals surface area contributed by atoms with E-state index in [0.29, 0.717) is 13.2 Å². The smallest absolute Gasteiger partial charge is 0.162 e. The van der Waals surface area contributed by atoms with Crippen molar-refractivity contribution >= 4 is 11.8 Å². The highest BCUT2D eigenvalue weighted by Gasteiger charge is 2.12. The van der Waals surface area contributed by atoms with Gasteiger partial charge in [0.15, 0.2) is 11.5 Å². The maximum Gasteiger partial charge on any atom is 0.162 e. The predicted octanol–water partition coefficient (Wildman–Crippen LogP) is 3.05. The van der Waals surface area contributed by atoms with E-state index in [0.717, 1.165) is 33.6 Å². The number of hydrogen-bond acceptors (Lipinski definition) is 5. The number of ether oxygens (including phenoxy) is 2. The molecular weight excluding hydrogens is 250 g/mol. The van der Waals surface area contributed by atoms with Gasteiger partial charge >= 0.3 is 0 Å². The molecule has 0 saturated carbocycles. The third-order valence-electron chi connectivity index (χ3n) is 2.57. The van der Waals surface area contributed by atoms with Gasteiger partial charge < -0.3 is 14.0 Å². The van der Waals surface area contributed by atoms with Crippen molar-refractivity contribution in [3.63, 3.8) is 0 Å². The van der Waals surface area contributed by atoms with E-state index in [1.165, 1.54) is 0 Å². The maximum atomic E-state index is 5.55. The number of fused-ring (bicyclic) bond motifs is 1. The van der Waals surface area contributed by atoms with Crippen molar-refractivity contribution in [2.45, 2.75) is 17.6 Å². The lowest BCUT2D eigenvalue weighted by Crippen LogP contribution is -2.15. The summed E-state index contributed by atoms with van der Waals surface area (Å²) >= 11 is 1.69. The van der Waals surface area contributed by atoms with Crippen molar-refractivity contribution in [3.05, 3.63) is 35.7 Å². The second kappa shape index (κ2) is 4.94. The van der Waals surface area contributed by atoms with Gasteiger partial charge in [-0.05, 0) is 25.1 Å². The molecule has 2 heterocycles. The Kier molecular flexibility index (Phi) is 3.15. The topological polar surface area (TPSA) is 44.5 Å². The Morgan fingerprint density at radius 1 is 1.17 bits per heavy atom. The first-order valence-corrected chi connectivity index (χ1v) is 6.74. The molecule has 0 fully saturated rings. The summed E-state index contributed by atoms with van der Waals surface area (Å²) in [5.41, 5.74) is 0.910. The molecule has 1 aromatic carbocycles. The van der Waals surface area contributed by atoms with Gasteiger partial charge in [-0.3, -0.25) is 0 Å². The zero-order valence-electron chi connectivity index (χ0n) is 10.0. The number of rotatable bonds is 3. The minimum atomic E-state index is 0.614. The molecule has 0 spiro atoms. The third-order valence-corrected chi connectivity index (χ3v) is 3.59. The molecule has 94 valence electrons. The summed E-state index contributed by atoms with van der Waals surface area (Å²) < 4.78 is 16.2. The van der Waals surface area contributed by atoms with E-state index in [-0.39, 0.29) is 0 Å². The van der Waals surface area contributed by atoms with Gasteiger partial charge in [-0.25, -0.2) is 0 Å². The number of nitrogens with zero attached hydrogens (tertiary/aromatic N) is 1. The molecule has 2 aromatic rings. The fourth-order valence-corrected chi connectivity index (χ4v) is 2.55. The predicted molar refractivity (Wildman–Crippen MR) is 68.2 cm³/mol. The van der Waals surface area contributed by atoms with E-state index in [2.05, 4.69) is 5.16 Å². The van der Waals surface area contributed by atoms with Gasteiger partial charge in [-0.15, -0.1) is 11.8 Å². The van der Waals surface area contributed by atoms with E-state index in [1.807, 2.05) is 31.2 Å². The quantitative estimate of drug-likeness (QED) is 0.796. The molecule has 4 nitrogen and oxygen atoms in total. The summed E-state index contributed by atoms with van der Waals surface area (Å²) in [4.78, 5) is 1.13. The summed E-state index contributed by atoms with van der Waals surface area (Å²) in [5, 5.41) is 3.87. The monoisotopic (exact) mass is 263 g/mol. The van der Waals surface area contributed by atoms with Crippen LogP contribution in [0.15, 0.2) is 33.7 Å². The van der Waals surface area contributed by atoms with Crippen molar-refractivity contribution < 1.29 is 14.0 Å². The minimum absolute atomic E-state index is 0.614. The summed E-state index contributed by atoms with van der Waals surface area (Å²) in [7, 11) is 0. The van der Waals surface area contributed by atoms with Gasteiger partial charge in [0.1, 0.15) is 19.0 Å². The van der Waals surface area contributed by atoms with E-state index in [1.54, 1.807) is 11.8 Å². The van der Waals surface area contributed by atoms with E-state index in [4.69, 9.17) is 14.0 Å². The van der Waals surface area contributed by atoms with Crippen molar-refractivity contribution in [2.75, 3.05) is 13.2 Å².